The van der Waals surface area contributed by atoms with E-state index < -0.39 is 11.7 Å². The van der Waals surface area contributed by atoms with Crippen molar-refractivity contribution in [3.63, 3.8) is 0 Å². The van der Waals surface area contributed by atoms with Crippen LogP contribution in [-0.2, 0) is 17.5 Å². The fraction of sp³-hybridized carbons (Fsp3) is 0.600. The molecule has 0 bridgehead atoms. The van der Waals surface area contributed by atoms with E-state index in [9.17, 15) is 13.2 Å². The fourth-order valence-electron chi connectivity index (χ4n) is 4.03. The van der Waals surface area contributed by atoms with E-state index in [1.54, 1.807) is 0 Å². The zero-order valence-electron chi connectivity index (χ0n) is 16.6. The third-order valence-electron chi connectivity index (χ3n) is 5.52. The van der Waals surface area contributed by atoms with Crippen molar-refractivity contribution in [3.05, 3.63) is 35.7 Å². The first-order valence-corrected chi connectivity index (χ1v) is 10.00. The van der Waals surface area contributed by atoms with Gasteiger partial charge in [0.05, 0.1) is 25.3 Å². The summed E-state index contributed by atoms with van der Waals surface area (Å²) >= 11 is 0. The summed E-state index contributed by atoms with van der Waals surface area (Å²) < 4.78 is 48.9. The summed E-state index contributed by atoms with van der Waals surface area (Å²) in [5, 5.41) is 3.94. The monoisotopic (exact) mass is 446 g/mol. The van der Waals surface area contributed by atoms with E-state index in [0.717, 1.165) is 64.5 Å². The van der Waals surface area contributed by atoms with E-state index in [4.69, 9.17) is 9.26 Å². The Morgan fingerprint density at radius 1 is 1.03 bits per heavy atom. The van der Waals surface area contributed by atoms with Crippen LogP contribution < -0.4 is 0 Å². The number of morpholine rings is 1. The highest BCUT2D eigenvalue weighted by molar-refractivity contribution is 5.85. The minimum Gasteiger partial charge on any atom is -0.379 e. The van der Waals surface area contributed by atoms with Crippen molar-refractivity contribution in [1.82, 2.24) is 19.9 Å². The van der Waals surface area contributed by atoms with Gasteiger partial charge in [-0.2, -0.15) is 18.2 Å². The van der Waals surface area contributed by atoms with Gasteiger partial charge in [0.1, 0.15) is 0 Å². The molecule has 30 heavy (non-hydrogen) atoms. The van der Waals surface area contributed by atoms with E-state index >= 15 is 0 Å². The zero-order valence-corrected chi connectivity index (χ0v) is 17.4. The van der Waals surface area contributed by atoms with Gasteiger partial charge in [-0.15, -0.1) is 12.4 Å². The van der Waals surface area contributed by atoms with E-state index in [1.807, 2.05) is 0 Å². The summed E-state index contributed by atoms with van der Waals surface area (Å²) in [6.07, 6.45) is -2.00. The molecule has 1 atom stereocenters. The summed E-state index contributed by atoms with van der Waals surface area (Å²) in [5.41, 5.74) is -0.179. The number of aromatic nitrogens is 2. The predicted octanol–water partition coefficient (Wildman–Crippen LogP) is 3.72. The normalized spacial score (nSPS) is 21.4. The smallest absolute Gasteiger partial charge is 0.379 e. The molecule has 1 aromatic heterocycles. The van der Waals surface area contributed by atoms with Crippen molar-refractivity contribution >= 4 is 12.4 Å². The molecule has 2 fully saturated rings. The molecule has 1 unspecified atom stereocenters. The maximum absolute atomic E-state index is 12.7. The van der Waals surface area contributed by atoms with Gasteiger partial charge in [-0.05, 0) is 37.4 Å². The van der Waals surface area contributed by atoms with Gasteiger partial charge in [-0.3, -0.25) is 9.80 Å². The molecule has 1 aromatic carbocycles. The predicted molar refractivity (Wildman–Crippen MR) is 107 cm³/mol. The second-order valence-electron chi connectivity index (χ2n) is 7.74. The first kappa shape index (κ1) is 23.0. The summed E-state index contributed by atoms with van der Waals surface area (Å²) in [4.78, 5) is 9.16. The highest BCUT2D eigenvalue weighted by Crippen LogP contribution is 2.30. The molecule has 4 rings (SSSR count). The van der Waals surface area contributed by atoms with Gasteiger partial charge in [0.15, 0.2) is 0 Å². The Labute approximate surface area is 179 Å². The van der Waals surface area contributed by atoms with Gasteiger partial charge in [-0.25, -0.2) is 0 Å². The van der Waals surface area contributed by atoms with Gasteiger partial charge in [0, 0.05) is 31.7 Å². The maximum atomic E-state index is 12.7. The molecule has 2 aliphatic heterocycles. The molecule has 0 N–H and O–H groups in total. The number of hydrogen-bond acceptors (Lipinski definition) is 6. The SMILES string of the molecule is Cl.FC(F)(F)c1ccc(-c2noc(CN3CCCC(CN4CCOCC4)C3)n2)cc1. The fourth-order valence-corrected chi connectivity index (χ4v) is 4.03. The average Bonchev–Trinajstić information content (AvgIpc) is 3.17. The highest BCUT2D eigenvalue weighted by atomic mass is 35.5. The van der Waals surface area contributed by atoms with E-state index in [0.29, 0.717) is 29.7 Å². The van der Waals surface area contributed by atoms with Crippen LogP contribution in [0.4, 0.5) is 13.2 Å². The molecular weight excluding hydrogens is 421 g/mol. The quantitative estimate of drug-likeness (QED) is 0.697. The Kier molecular flexibility index (Phi) is 7.73. The van der Waals surface area contributed by atoms with Crippen LogP contribution in [0.1, 0.15) is 24.3 Å². The molecular formula is C20H26ClF3N4O2. The van der Waals surface area contributed by atoms with Gasteiger partial charge < -0.3 is 9.26 Å². The minimum atomic E-state index is -4.35. The summed E-state index contributed by atoms with van der Waals surface area (Å²) in [6, 6.07) is 4.81. The summed E-state index contributed by atoms with van der Waals surface area (Å²) in [6.45, 7) is 7.23. The van der Waals surface area contributed by atoms with Gasteiger partial charge in [0.25, 0.3) is 0 Å². The lowest BCUT2D eigenvalue weighted by molar-refractivity contribution is -0.137. The molecule has 2 saturated heterocycles. The van der Waals surface area contributed by atoms with E-state index in [-0.39, 0.29) is 12.4 Å². The third-order valence-corrected chi connectivity index (χ3v) is 5.52. The molecule has 0 amide bonds. The van der Waals surface area contributed by atoms with Crippen LogP contribution in [0.5, 0.6) is 0 Å². The van der Waals surface area contributed by atoms with E-state index in [2.05, 4.69) is 19.9 Å². The third kappa shape index (κ3) is 5.94. The van der Waals surface area contributed by atoms with Crippen molar-refractivity contribution in [2.24, 2.45) is 5.92 Å². The van der Waals surface area contributed by atoms with Crippen LogP contribution in [0.2, 0.25) is 0 Å². The zero-order chi connectivity index (χ0) is 20.3. The lowest BCUT2D eigenvalue weighted by Gasteiger charge is -2.36. The standard InChI is InChI=1S/C20H25F3N4O2.ClH/c21-20(22,23)17-5-3-16(4-6-17)19-24-18(29-25-19)14-27-7-1-2-15(13-27)12-26-8-10-28-11-9-26;/h3-6,15H,1-2,7-14H2;1H. The highest BCUT2D eigenvalue weighted by Gasteiger charge is 2.30. The van der Waals surface area contributed by atoms with Crippen LogP contribution in [-0.4, -0.2) is 65.9 Å². The van der Waals surface area contributed by atoms with Gasteiger partial charge >= 0.3 is 6.18 Å². The van der Waals surface area contributed by atoms with E-state index in [1.165, 1.54) is 18.6 Å². The number of hydrogen-bond donors (Lipinski definition) is 0. The molecule has 0 aliphatic carbocycles. The molecule has 2 aliphatic rings. The molecule has 0 radical (unpaired) electrons. The number of piperidine rings is 1. The Morgan fingerprint density at radius 3 is 2.47 bits per heavy atom. The topological polar surface area (TPSA) is 54.6 Å². The Bertz CT molecular complexity index is 794. The number of likely N-dealkylation sites (tertiary alicyclic amines) is 1. The molecule has 3 heterocycles. The van der Waals surface area contributed by atoms with Crippen LogP contribution in [0.25, 0.3) is 11.4 Å². The van der Waals surface area contributed by atoms with Crippen molar-refractivity contribution in [1.29, 1.82) is 0 Å². The second kappa shape index (κ2) is 10.1. The Morgan fingerprint density at radius 2 is 1.77 bits per heavy atom. The number of rotatable bonds is 5. The van der Waals surface area contributed by atoms with Crippen molar-refractivity contribution in [2.75, 3.05) is 45.9 Å². The van der Waals surface area contributed by atoms with Crippen LogP contribution in [0, 0.1) is 5.92 Å². The van der Waals surface area contributed by atoms with Crippen molar-refractivity contribution in [2.45, 2.75) is 25.6 Å². The summed E-state index contributed by atoms with van der Waals surface area (Å²) in [5.74, 6) is 1.42. The minimum absolute atomic E-state index is 0. The second-order valence-corrected chi connectivity index (χ2v) is 7.74. The van der Waals surface area contributed by atoms with Crippen LogP contribution in [0.3, 0.4) is 0 Å². The van der Waals surface area contributed by atoms with Crippen LogP contribution in [0.15, 0.2) is 28.8 Å². The summed E-state index contributed by atoms with van der Waals surface area (Å²) in [7, 11) is 0. The Hall–Kier alpha value is -1.68. The molecule has 10 heteroatoms. The van der Waals surface area contributed by atoms with Crippen LogP contribution >= 0.6 is 12.4 Å². The average molecular weight is 447 g/mol. The molecule has 0 saturated carbocycles. The van der Waals surface area contributed by atoms with Gasteiger partial charge in [-0.1, -0.05) is 17.3 Å². The number of ether oxygens (including phenoxy) is 1. The lowest BCUT2D eigenvalue weighted by Crippen LogP contribution is -2.44. The first-order chi connectivity index (χ1) is 14.0. The van der Waals surface area contributed by atoms with Gasteiger partial charge in [0.2, 0.25) is 11.7 Å². The molecule has 166 valence electrons. The van der Waals surface area contributed by atoms with Crippen molar-refractivity contribution < 1.29 is 22.4 Å². The number of nitrogens with zero attached hydrogens (tertiary/aromatic N) is 4. The van der Waals surface area contributed by atoms with Crippen molar-refractivity contribution in [3.8, 4) is 11.4 Å². The largest absolute Gasteiger partial charge is 0.416 e. The number of benzene rings is 1. The Balaban J connectivity index is 0.00000256. The maximum Gasteiger partial charge on any atom is 0.416 e. The molecule has 6 nitrogen and oxygen atoms in total. The first-order valence-electron chi connectivity index (χ1n) is 10.00. The lowest BCUT2D eigenvalue weighted by atomic mass is 9.97. The molecule has 2 aromatic rings. The number of alkyl halides is 3. The molecule has 0 spiro atoms. The number of halogens is 4.